The maximum Gasteiger partial charge on any atom is 0.126 e. The van der Waals surface area contributed by atoms with Gasteiger partial charge in [0.2, 0.25) is 0 Å². The number of rotatable bonds is 5. The van der Waals surface area contributed by atoms with E-state index < -0.39 is 17.6 Å². The third kappa shape index (κ3) is 4.83. The molecule has 0 heterocycles. The lowest BCUT2D eigenvalue weighted by atomic mass is 9.73. The van der Waals surface area contributed by atoms with E-state index in [-0.39, 0.29) is 16.2 Å². The molecule has 1 aromatic carbocycles. The summed E-state index contributed by atoms with van der Waals surface area (Å²) >= 11 is 0. The van der Waals surface area contributed by atoms with Gasteiger partial charge in [0.05, 0.1) is 24.7 Å². The minimum Gasteiger partial charge on any atom is -0.496 e. The Morgan fingerprint density at radius 1 is 0.871 bits per heavy atom. The highest BCUT2D eigenvalue weighted by Crippen LogP contribution is 2.49. The van der Waals surface area contributed by atoms with Gasteiger partial charge in [0.25, 0.3) is 0 Å². The van der Waals surface area contributed by atoms with Crippen LogP contribution in [0.15, 0.2) is 29.0 Å². The molecule has 3 heteroatoms. The molecule has 172 valence electrons. The summed E-state index contributed by atoms with van der Waals surface area (Å²) in [7, 11) is 0.599. The number of methoxy groups -OCH3 is 1. The van der Waals surface area contributed by atoms with Crippen molar-refractivity contribution in [1.29, 1.82) is 0 Å². The molecule has 2 rings (SSSR count). The molecular weight excluding hydrogens is 408 g/mol. The maximum atomic E-state index is 6.26. The summed E-state index contributed by atoms with van der Waals surface area (Å²) in [4.78, 5) is 0. The van der Waals surface area contributed by atoms with Gasteiger partial charge in [-0.1, -0.05) is 116 Å². The number of hydrogen-bond donors (Lipinski definition) is 0. The molecule has 31 heavy (non-hydrogen) atoms. The van der Waals surface area contributed by atoms with Crippen molar-refractivity contribution in [2.24, 2.45) is 11.3 Å². The van der Waals surface area contributed by atoms with E-state index in [0.29, 0.717) is 5.92 Å². The highest BCUT2D eigenvalue weighted by Gasteiger charge is 2.41. The molecule has 1 atom stereocenters. The number of benzene rings is 1. The number of aryl methyl sites for hydroxylation is 1. The lowest BCUT2D eigenvalue weighted by Gasteiger charge is -2.38. The van der Waals surface area contributed by atoms with Gasteiger partial charge in [0.15, 0.2) is 0 Å². The van der Waals surface area contributed by atoms with Crippen LogP contribution in [0.3, 0.4) is 0 Å². The van der Waals surface area contributed by atoms with Crippen molar-refractivity contribution < 1.29 is 4.74 Å². The van der Waals surface area contributed by atoms with Crippen LogP contribution in [0.2, 0.25) is 26.2 Å². The van der Waals surface area contributed by atoms with E-state index in [9.17, 15) is 0 Å². The number of hydrogen-bond acceptors (Lipinski definition) is 1. The fraction of sp³-hybridized carbons (Fsp3) is 0.643. The fourth-order valence-corrected chi connectivity index (χ4v) is 9.21. The zero-order chi connectivity index (χ0) is 24.1. The second kappa shape index (κ2) is 8.70. The van der Waals surface area contributed by atoms with E-state index in [2.05, 4.69) is 107 Å². The lowest BCUT2D eigenvalue weighted by molar-refractivity contribution is 0.339. The van der Waals surface area contributed by atoms with Crippen LogP contribution in [0.1, 0.15) is 72.1 Å². The summed E-state index contributed by atoms with van der Waals surface area (Å²) in [5.41, 5.74) is 5.93. The van der Waals surface area contributed by atoms with Crippen LogP contribution >= 0.6 is 0 Å². The van der Waals surface area contributed by atoms with Crippen LogP contribution < -0.4 is 9.92 Å². The van der Waals surface area contributed by atoms with Gasteiger partial charge in [-0.05, 0) is 29.2 Å². The van der Waals surface area contributed by atoms with E-state index in [1.807, 2.05) is 7.11 Å². The predicted molar refractivity (Wildman–Crippen MR) is 143 cm³/mol. The highest BCUT2D eigenvalue weighted by atomic mass is 28.3. The molecule has 0 amide bonds. The predicted octanol–water partition coefficient (Wildman–Crippen LogP) is 7.36. The third-order valence-corrected chi connectivity index (χ3v) is 10.1. The third-order valence-electron chi connectivity index (χ3n) is 6.82. The Balaban J connectivity index is 2.98. The Kier molecular flexibility index (Phi) is 7.35. The molecule has 0 saturated carbocycles. The van der Waals surface area contributed by atoms with E-state index >= 15 is 0 Å². The summed E-state index contributed by atoms with van der Waals surface area (Å²) in [6.07, 6.45) is 4.95. The Bertz CT molecular complexity index is 887. The first-order valence-corrected chi connectivity index (χ1v) is 16.7. The summed E-state index contributed by atoms with van der Waals surface area (Å²) in [5, 5.41) is 3.26. The normalized spacial score (nSPS) is 18.0. The lowest BCUT2D eigenvalue weighted by Crippen LogP contribution is -2.39. The summed E-state index contributed by atoms with van der Waals surface area (Å²) < 4.78 is 6.26. The first kappa shape index (κ1) is 26.2. The van der Waals surface area contributed by atoms with Gasteiger partial charge < -0.3 is 4.74 Å². The second-order valence-corrected chi connectivity index (χ2v) is 17.5. The molecule has 1 aliphatic carbocycles. The molecule has 2 radical (unpaired) electrons. The monoisotopic (exact) mass is 454 g/mol. The standard InChI is InChI=1S/C28H46OSi2/c1-18-17-21(27(5,6)7)23(29-10)22(24(18)30(11)12)28(8,9)20-16-15-19(26(2,3)4)25(20)31(13)14/h15-17,19H,1-14H3. The van der Waals surface area contributed by atoms with Crippen molar-refractivity contribution in [3.8, 4) is 5.75 Å². The van der Waals surface area contributed by atoms with Gasteiger partial charge >= 0.3 is 0 Å². The van der Waals surface area contributed by atoms with Crippen LogP contribution in [-0.4, -0.2) is 24.7 Å². The van der Waals surface area contributed by atoms with Crippen molar-refractivity contribution in [2.75, 3.05) is 7.11 Å². The van der Waals surface area contributed by atoms with Crippen molar-refractivity contribution in [3.05, 3.63) is 45.7 Å². The Morgan fingerprint density at radius 3 is 1.81 bits per heavy atom. The van der Waals surface area contributed by atoms with Crippen LogP contribution in [0.5, 0.6) is 5.75 Å². The van der Waals surface area contributed by atoms with Crippen LogP contribution in [0, 0.1) is 18.3 Å². The topological polar surface area (TPSA) is 9.23 Å². The molecule has 1 nitrogen and oxygen atoms in total. The highest BCUT2D eigenvalue weighted by molar-refractivity contribution is 6.71. The molecule has 0 aliphatic heterocycles. The number of allylic oxidation sites excluding steroid dienone is 4. The zero-order valence-electron chi connectivity index (χ0n) is 22.7. The molecule has 1 aliphatic rings. The minimum absolute atomic E-state index is 0.0367. The van der Waals surface area contributed by atoms with Crippen molar-refractivity contribution >= 4 is 22.8 Å². The second-order valence-electron chi connectivity index (χ2n) is 12.4. The fourth-order valence-electron chi connectivity index (χ4n) is 5.34. The van der Waals surface area contributed by atoms with E-state index in [0.717, 1.165) is 5.75 Å². The molecule has 0 aromatic heterocycles. The van der Waals surface area contributed by atoms with E-state index in [1.54, 1.807) is 16.0 Å². The quantitative estimate of drug-likeness (QED) is 0.422. The van der Waals surface area contributed by atoms with Gasteiger partial charge in [0, 0.05) is 16.5 Å². The van der Waals surface area contributed by atoms with Crippen molar-refractivity contribution in [1.82, 2.24) is 0 Å². The van der Waals surface area contributed by atoms with E-state index in [4.69, 9.17) is 4.74 Å². The first-order valence-electron chi connectivity index (χ1n) is 11.7. The molecule has 0 fully saturated rings. The first-order chi connectivity index (χ1) is 14.0. The van der Waals surface area contributed by atoms with Crippen LogP contribution in [0.4, 0.5) is 0 Å². The zero-order valence-corrected chi connectivity index (χ0v) is 24.7. The molecule has 0 N–H and O–H groups in total. The van der Waals surface area contributed by atoms with Gasteiger partial charge in [-0.15, -0.1) is 0 Å². The maximum absolute atomic E-state index is 6.26. The van der Waals surface area contributed by atoms with E-state index in [1.165, 1.54) is 16.7 Å². The van der Waals surface area contributed by atoms with Crippen LogP contribution in [0.25, 0.3) is 0 Å². The van der Waals surface area contributed by atoms with Gasteiger partial charge in [0.1, 0.15) is 5.75 Å². The molecule has 0 bridgehead atoms. The average molecular weight is 455 g/mol. The molecular formula is C28H46OSi2. The number of ether oxygens (including phenoxy) is 1. The Labute approximate surface area is 196 Å². The van der Waals surface area contributed by atoms with Crippen LogP contribution in [-0.2, 0) is 10.8 Å². The van der Waals surface area contributed by atoms with Crippen molar-refractivity contribution in [2.45, 2.75) is 99.3 Å². The van der Waals surface area contributed by atoms with Gasteiger partial charge in [-0.3, -0.25) is 0 Å². The average Bonchev–Trinajstić information content (AvgIpc) is 3.06. The summed E-state index contributed by atoms with van der Waals surface area (Å²) in [6, 6.07) is 2.40. The van der Waals surface area contributed by atoms with Gasteiger partial charge in [-0.2, -0.15) is 0 Å². The molecule has 0 saturated heterocycles. The smallest absolute Gasteiger partial charge is 0.126 e. The minimum atomic E-state index is -0.674. The Hall–Kier alpha value is -1.07. The largest absolute Gasteiger partial charge is 0.496 e. The van der Waals surface area contributed by atoms with Gasteiger partial charge in [-0.25, -0.2) is 0 Å². The summed E-state index contributed by atoms with van der Waals surface area (Å²) in [6.45, 7) is 31.1. The molecule has 1 unspecified atom stereocenters. The van der Waals surface area contributed by atoms with Crippen molar-refractivity contribution in [3.63, 3.8) is 0 Å². The molecule has 1 aromatic rings. The Morgan fingerprint density at radius 2 is 1.42 bits per heavy atom. The SMILES string of the molecule is COc1c(C(C)(C)C)cc(C)c([Si](C)C)c1C(C)(C)C1=C([Si](C)C)C(C(C)(C)C)C=C1. The molecule has 0 spiro atoms. The summed E-state index contributed by atoms with van der Waals surface area (Å²) in [5.74, 6) is 1.64.